The summed E-state index contributed by atoms with van der Waals surface area (Å²) in [7, 11) is 0. The van der Waals surface area contributed by atoms with Crippen molar-refractivity contribution in [3.8, 4) is 0 Å². The Bertz CT molecular complexity index is 747. The fourth-order valence-corrected chi connectivity index (χ4v) is 3.77. The van der Waals surface area contributed by atoms with Crippen molar-refractivity contribution in [3.05, 3.63) is 59.2 Å². The van der Waals surface area contributed by atoms with Gasteiger partial charge in [0.1, 0.15) is 5.69 Å². The number of amides is 1. The molecule has 0 bridgehead atoms. The summed E-state index contributed by atoms with van der Waals surface area (Å²) in [5.74, 6) is 0.632. The van der Waals surface area contributed by atoms with E-state index in [4.69, 9.17) is 0 Å². The van der Waals surface area contributed by atoms with Crippen molar-refractivity contribution >= 4 is 5.91 Å². The van der Waals surface area contributed by atoms with Crippen molar-refractivity contribution in [2.45, 2.75) is 52.5 Å². The lowest BCUT2D eigenvalue weighted by atomic mass is 9.89. The number of rotatable bonds is 7. The molecule has 2 aromatic rings. The maximum atomic E-state index is 12.1. The molecule has 28 heavy (non-hydrogen) atoms. The third-order valence-corrected chi connectivity index (χ3v) is 5.64. The van der Waals surface area contributed by atoms with Crippen molar-refractivity contribution in [1.82, 2.24) is 20.2 Å². The van der Waals surface area contributed by atoms with Crippen LogP contribution in [0, 0.1) is 12.8 Å². The summed E-state index contributed by atoms with van der Waals surface area (Å²) in [6, 6.07) is 9.54. The Kier molecular flexibility index (Phi) is 7.15. The molecule has 1 N–H and O–H groups in total. The molecule has 5 nitrogen and oxygen atoms in total. The van der Waals surface area contributed by atoms with Gasteiger partial charge in [0.05, 0.1) is 11.9 Å². The smallest absolute Gasteiger partial charge is 0.271 e. The van der Waals surface area contributed by atoms with E-state index in [9.17, 15) is 4.79 Å². The van der Waals surface area contributed by atoms with Crippen LogP contribution in [0.2, 0.25) is 0 Å². The van der Waals surface area contributed by atoms with Gasteiger partial charge in [-0.1, -0.05) is 24.3 Å². The van der Waals surface area contributed by atoms with Crippen LogP contribution in [0.4, 0.5) is 0 Å². The summed E-state index contributed by atoms with van der Waals surface area (Å²) in [5.41, 5.74) is 3.84. The monoisotopic (exact) mass is 380 g/mol. The molecular weight excluding hydrogens is 348 g/mol. The predicted octanol–water partition coefficient (Wildman–Crippen LogP) is 3.42. The first-order valence-corrected chi connectivity index (χ1v) is 10.4. The third-order valence-electron chi connectivity index (χ3n) is 5.64. The quantitative estimate of drug-likeness (QED) is 0.800. The van der Waals surface area contributed by atoms with Crippen LogP contribution in [0.15, 0.2) is 36.7 Å². The fourth-order valence-electron chi connectivity index (χ4n) is 3.77. The van der Waals surface area contributed by atoms with Crippen molar-refractivity contribution in [1.29, 1.82) is 0 Å². The Hall–Kier alpha value is -2.27. The molecule has 0 aliphatic carbocycles. The van der Waals surface area contributed by atoms with Crippen LogP contribution in [0.5, 0.6) is 0 Å². The Morgan fingerprint density at radius 3 is 2.39 bits per heavy atom. The first-order valence-electron chi connectivity index (χ1n) is 10.4. The van der Waals surface area contributed by atoms with Crippen LogP contribution in [0.3, 0.4) is 0 Å². The first kappa shape index (κ1) is 20.5. The van der Waals surface area contributed by atoms with Gasteiger partial charge in [0.15, 0.2) is 0 Å². The Balaban J connectivity index is 1.41. The molecular formula is C23H32N4O. The molecule has 5 heteroatoms. The fraction of sp³-hybridized carbons (Fsp3) is 0.522. The zero-order valence-corrected chi connectivity index (χ0v) is 17.3. The zero-order valence-electron chi connectivity index (χ0n) is 17.3. The normalized spacial score (nSPS) is 15.7. The van der Waals surface area contributed by atoms with Gasteiger partial charge in [0, 0.05) is 18.8 Å². The van der Waals surface area contributed by atoms with E-state index in [0.29, 0.717) is 18.3 Å². The van der Waals surface area contributed by atoms with Gasteiger partial charge in [-0.3, -0.25) is 9.78 Å². The van der Waals surface area contributed by atoms with Crippen LogP contribution >= 0.6 is 0 Å². The van der Waals surface area contributed by atoms with Gasteiger partial charge < -0.3 is 10.2 Å². The Morgan fingerprint density at radius 1 is 1.11 bits per heavy atom. The van der Waals surface area contributed by atoms with Crippen LogP contribution in [0.1, 0.15) is 54.0 Å². The van der Waals surface area contributed by atoms with Gasteiger partial charge in [-0.25, -0.2) is 4.98 Å². The van der Waals surface area contributed by atoms with E-state index < -0.39 is 0 Å². The lowest BCUT2D eigenvalue weighted by molar-refractivity contribution is 0.0948. The van der Waals surface area contributed by atoms with Crippen LogP contribution in [0.25, 0.3) is 0 Å². The number of piperidine rings is 1. The average Bonchev–Trinajstić information content (AvgIpc) is 2.70. The average molecular weight is 381 g/mol. The lowest BCUT2D eigenvalue weighted by Crippen LogP contribution is -2.38. The summed E-state index contributed by atoms with van der Waals surface area (Å²) >= 11 is 0. The Morgan fingerprint density at radius 2 is 1.79 bits per heavy atom. The van der Waals surface area contributed by atoms with Gasteiger partial charge in [-0.2, -0.15) is 0 Å². The summed E-state index contributed by atoms with van der Waals surface area (Å²) in [4.78, 5) is 22.9. The molecule has 0 spiro atoms. The molecule has 150 valence electrons. The van der Waals surface area contributed by atoms with Gasteiger partial charge in [-0.05, 0) is 76.6 Å². The lowest BCUT2D eigenvalue weighted by Gasteiger charge is -2.34. The molecule has 1 aliphatic rings. The topological polar surface area (TPSA) is 58.1 Å². The molecule has 1 aromatic carbocycles. The standard InChI is InChI=1S/C23H32N4O/c1-17(2)27-12-9-21(10-13-27)14-20-6-4-19(5-7-20)8-11-24-23(28)22-16-25-18(3)15-26-22/h4-7,15-17,21H,8-14H2,1-3H3,(H,24,28). The molecule has 0 radical (unpaired) electrons. The van der Waals surface area contributed by atoms with Crippen LogP contribution in [-0.2, 0) is 12.8 Å². The SMILES string of the molecule is Cc1cnc(C(=O)NCCc2ccc(CC3CCN(C(C)C)CC3)cc2)cn1. The summed E-state index contributed by atoms with van der Waals surface area (Å²) in [6.07, 6.45) is 7.72. The number of hydrogen-bond acceptors (Lipinski definition) is 4. The summed E-state index contributed by atoms with van der Waals surface area (Å²) in [6.45, 7) is 9.48. The number of benzene rings is 1. The number of aryl methyl sites for hydroxylation is 1. The highest BCUT2D eigenvalue weighted by Gasteiger charge is 2.20. The van der Waals surface area contributed by atoms with E-state index in [-0.39, 0.29) is 5.91 Å². The summed E-state index contributed by atoms with van der Waals surface area (Å²) < 4.78 is 0. The minimum absolute atomic E-state index is 0.170. The van der Waals surface area contributed by atoms with E-state index in [2.05, 4.69) is 58.3 Å². The first-order chi connectivity index (χ1) is 13.5. The number of nitrogens with one attached hydrogen (secondary N) is 1. The van der Waals surface area contributed by atoms with Crippen molar-refractivity contribution < 1.29 is 4.79 Å². The second kappa shape index (κ2) is 9.78. The highest BCUT2D eigenvalue weighted by atomic mass is 16.1. The number of nitrogens with zero attached hydrogens (tertiary/aromatic N) is 3. The second-order valence-corrected chi connectivity index (χ2v) is 8.14. The molecule has 1 aromatic heterocycles. The molecule has 0 atom stereocenters. The van der Waals surface area contributed by atoms with Gasteiger partial charge in [0.25, 0.3) is 5.91 Å². The minimum atomic E-state index is -0.170. The molecule has 0 saturated carbocycles. The maximum absolute atomic E-state index is 12.1. The highest BCUT2D eigenvalue weighted by molar-refractivity contribution is 5.91. The molecule has 1 aliphatic heterocycles. The maximum Gasteiger partial charge on any atom is 0.271 e. The van der Waals surface area contributed by atoms with Gasteiger partial charge in [-0.15, -0.1) is 0 Å². The number of likely N-dealkylation sites (tertiary alicyclic amines) is 1. The second-order valence-electron chi connectivity index (χ2n) is 8.14. The van der Waals surface area contributed by atoms with E-state index in [1.54, 1.807) is 6.20 Å². The van der Waals surface area contributed by atoms with Crippen LogP contribution < -0.4 is 5.32 Å². The van der Waals surface area contributed by atoms with Crippen molar-refractivity contribution in [2.75, 3.05) is 19.6 Å². The summed E-state index contributed by atoms with van der Waals surface area (Å²) in [5, 5.41) is 2.91. The van der Waals surface area contributed by atoms with Crippen molar-refractivity contribution in [2.24, 2.45) is 5.92 Å². The van der Waals surface area contributed by atoms with E-state index in [1.165, 1.54) is 49.7 Å². The predicted molar refractivity (Wildman–Crippen MR) is 112 cm³/mol. The highest BCUT2D eigenvalue weighted by Crippen LogP contribution is 2.23. The van der Waals surface area contributed by atoms with E-state index >= 15 is 0 Å². The largest absolute Gasteiger partial charge is 0.350 e. The third kappa shape index (κ3) is 5.86. The minimum Gasteiger partial charge on any atom is -0.350 e. The number of carbonyl (C=O) groups is 1. The molecule has 0 unspecified atom stereocenters. The zero-order chi connectivity index (χ0) is 19.9. The van der Waals surface area contributed by atoms with E-state index in [1.807, 2.05) is 6.92 Å². The molecule has 2 heterocycles. The number of hydrogen-bond donors (Lipinski definition) is 1. The van der Waals surface area contributed by atoms with Crippen molar-refractivity contribution in [3.63, 3.8) is 0 Å². The molecule has 1 amide bonds. The van der Waals surface area contributed by atoms with Gasteiger partial charge in [0.2, 0.25) is 0 Å². The molecule has 1 saturated heterocycles. The van der Waals surface area contributed by atoms with E-state index in [0.717, 1.165) is 18.0 Å². The molecule has 3 rings (SSSR count). The van der Waals surface area contributed by atoms with Crippen LogP contribution in [-0.4, -0.2) is 46.5 Å². The molecule has 1 fully saturated rings. The number of aromatic nitrogens is 2. The Labute approximate surface area is 168 Å². The van der Waals surface area contributed by atoms with Gasteiger partial charge >= 0.3 is 0 Å². The number of carbonyl (C=O) groups excluding carboxylic acids is 1.